The molecule has 0 bridgehead atoms. The van der Waals surface area contributed by atoms with Crippen LogP contribution in [0.25, 0.3) is 11.9 Å². The number of aryl methyl sites for hydroxylation is 1. The van der Waals surface area contributed by atoms with E-state index in [9.17, 15) is 0 Å². The van der Waals surface area contributed by atoms with E-state index in [1.807, 2.05) is 0 Å². The SMILES string of the molecule is Cc1ccccc1-n1c(C)c2[n+](c1C1CCCC1)C=CC2(c1ccccc1)c1ccccc1. The lowest BCUT2D eigenvalue weighted by molar-refractivity contribution is -0.583. The van der Waals surface area contributed by atoms with Crippen molar-refractivity contribution in [2.75, 3.05) is 0 Å². The van der Waals surface area contributed by atoms with Crippen molar-refractivity contribution in [1.29, 1.82) is 0 Å². The molecule has 33 heavy (non-hydrogen) atoms. The Morgan fingerprint density at radius 1 is 0.758 bits per heavy atom. The summed E-state index contributed by atoms with van der Waals surface area (Å²) in [6.45, 7) is 4.56. The van der Waals surface area contributed by atoms with Crippen LogP contribution in [0.2, 0.25) is 0 Å². The van der Waals surface area contributed by atoms with Gasteiger partial charge in [-0.2, -0.15) is 4.57 Å². The average Bonchev–Trinajstić information content (AvgIpc) is 3.58. The molecule has 1 aliphatic carbocycles. The van der Waals surface area contributed by atoms with Gasteiger partial charge in [0.15, 0.2) is 11.4 Å². The number of fused-ring (bicyclic) bond motifs is 1. The molecule has 2 aliphatic rings. The minimum absolute atomic E-state index is 0.298. The molecule has 3 aromatic carbocycles. The number of aromatic nitrogens is 2. The average molecular weight is 432 g/mol. The van der Waals surface area contributed by atoms with Gasteiger partial charge in [0.2, 0.25) is 0 Å². The summed E-state index contributed by atoms with van der Waals surface area (Å²) in [6.07, 6.45) is 9.97. The molecule has 6 rings (SSSR count). The van der Waals surface area contributed by atoms with Crippen LogP contribution in [0.15, 0.2) is 91.0 Å². The van der Waals surface area contributed by atoms with Crippen molar-refractivity contribution >= 4 is 6.20 Å². The number of imidazole rings is 1. The Morgan fingerprint density at radius 2 is 1.33 bits per heavy atom. The Bertz CT molecular complexity index is 1280. The highest BCUT2D eigenvalue weighted by atomic mass is 15.2. The summed E-state index contributed by atoms with van der Waals surface area (Å²) in [6, 6.07) is 30.9. The van der Waals surface area contributed by atoms with Crippen LogP contribution in [0.1, 0.15) is 65.5 Å². The molecule has 0 unspecified atom stereocenters. The highest BCUT2D eigenvalue weighted by Crippen LogP contribution is 2.46. The summed E-state index contributed by atoms with van der Waals surface area (Å²) < 4.78 is 5.11. The van der Waals surface area contributed by atoms with Crippen LogP contribution in [0, 0.1) is 13.8 Å². The van der Waals surface area contributed by atoms with E-state index < -0.39 is 0 Å². The zero-order valence-electron chi connectivity index (χ0n) is 19.5. The van der Waals surface area contributed by atoms with Gasteiger partial charge in [-0.3, -0.25) is 0 Å². The monoisotopic (exact) mass is 431 g/mol. The normalized spacial score (nSPS) is 16.9. The van der Waals surface area contributed by atoms with Gasteiger partial charge < -0.3 is 0 Å². The largest absolute Gasteiger partial charge is 0.269 e. The van der Waals surface area contributed by atoms with Crippen molar-refractivity contribution < 1.29 is 4.57 Å². The molecule has 0 atom stereocenters. The van der Waals surface area contributed by atoms with E-state index in [1.165, 1.54) is 65.3 Å². The molecule has 164 valence electrons. The van der Waals surface area contributed by atoms with Crippen LogP contribution < -0.4 is 4.57 Å². The number of rotatable bonds is 4. The summed E-state index contributed by atoms with van der Waals surface area (Å²) in [5, 5.41) is 0. The molecule has 2 heteroatoms. The fourth-order valence-electron chi connectivity index (χ4n) is 6.28. The van der Waals surface area contributed by atoms with Crippen molar-refractivity contribution in [3.63, 3.8) is 0 Å². The summed E-state index contributed by atoms with van der Waals surface area (Å²) in [5.74, 6) is 2.03. The first-order valence-electron chi connectivity index (χ1n) is 12.3. The number of allylic oxidation sites excluding steroid dienone is 1. The summed E-state index contributed by atoms with van der Waals surface area (Å²) in [7, 11) is 0. The molecule has 4 aromatic rings. The molecule has 0 radical (unpaired) electrons. The standard InChI is InChI=1S/C31H31N2/c1-23-13-9-12-20-28(23)33-24(2)29-31(26-16-5-3-6-17-26,27-18-7-4-8-19-27)21-22-32(29)30(33)25-14-10-11-15-25/h3-9,12-13,16-22,25H,10-11,14-15H2,1-2H3/q+1. The van der Waals surface area contributed by atoms with Gasteiger partial charge in [0.25, 0.3) is 5.82 Å². The second-order valence-electron chi connectivity index (χ2n) is 9.62. The Labute approximate surface area is 196 Å². The molecular weight excluding hydrogens is 400 g/mol. The molecule has 0 spiro atoms. The number of nitrogens with zero attached hydrogens (tertiary/aromatic N) is 2. The number of hydrogen-bond donors (Lipinski definition) is 0. The van der Waals surface area contributed by atoms with E-state index in [0.29, 0.717) is 5.92 Å². The van der Waals surface area contributed by atoms with Crippen molar-refractivity contribution in [1.82, 2.24) is 4.57 Å². The van der Waals surface area contributed by atoms with Gasteiger partial charge in [-0.1, -0.05) is 91.7 Å². The predicted octanol–water partition coefficient (Wildman–Crippen LogP) is 6.86. The van der Waals surface area contributed by atoms with Crippen LogP contribution in [-0.2, 0) is 5.41 Å². The van der Waals surface area contributed by atoms with Gasteiger partial charge in [0.1, 0.15) is 11.1 Å². The maximum Gasteiger partial charge on any atom is 0.269 e. The lowest BCUT2D eigenvalue weighted by Gasteiger charge is -2.27. The van der Waals surface area contributed by atoms with Crippen molar-refractivity contribution in [2.45, 2.75) is 50.9 Å². The third kappa shape index (κ3) is 2.97. The highest BCUT2D eigenvalue weighted by Gasteiger charge is 2.50. The van der Waals surface area contributed by atoms with Gasteiger partial charge in [-0.25, -0.2) is 4.57 Å². The number of hydrogen-bond acceptors (Lipinski definition) is 0. The van der Waals surface area contributed by atoms with Crippen molar-refractivity contribution in [3.8, 4) is 5.69 Å². The van der Waals surface area contributed by atoms with Crippen LogP contribution in [0.3, 0.4) is 0 Å². The molecule has 0 saturated heterocycles. The smallest absolute Gasteiger partial charge is 0.201 e. The minimum atomic E-state index is -0.298. The van der Waals surface area contributed by atoms with Gasteiger partial charge in [0, 0.05) is 6.92 Å². The quantitative estimate of drug-likeness (QED) is 0.312. The topological polar surface area (TPSA) is 8.81 Å². The van der Waals surface area contributed by atoms with E-state index in [0.717, 1.165) is 0 Å². The first kappa shape index (κ1) is 20.2. The van der Waals surface area contributed by atoms with Gasteiger partial charge in [0.05, 0.1) is 12.1 Å². The molecule has 0 N–H and O–H groups in total. The second kappa shape index (κ2) is 7.88. The number of para-hydroxylation sites is 1. The second-order valence-corrected chi connectivity index (χ2v) is 9.62. The number of benzene rings is 3. The molecular formula is C31H31N2+. The van der Waals surface area contributed by atoms with Crippen molar-refractivity contribution in [2.24, 2.45) is 0 Å². The summed E-state index contributed by atoms with van der Waals surface area (Å²) >= 11 is 0. The van der Waals surface area contributed by atoms with E-state index in [4.69, 9.17) is 0 Å². The van der Waals surface area contributed by atoms with Gasteiger partial charge >= 0.3 is 0 Å². The van der Waals surface area contributed by atoms with Gasteiger partial charge in [-0.05, 0) is 48.6 Å². The van der Waals surface area contributed by atoms with E-state index in [2.05, 4.69) is 120 Å². The zero-order valence-corrected chi connectivity index (χ0v) is 19.5. The van der Waals surface area contributed by atoms with Crippen LogP contribution in [0.4, 0.5) is 0 Å². The fraction of sp³-hybridized carbons (Fsp3) is 0.258. The van der Waals surface area contributed by atoms with Crippen LogP contribution in [-0.4, -0.2) is 4.57 Å². The van der Waals surface area contributed by atoms with Gasteiger partial charge in [-0.15, -0.1) is 0 Å². The van der Waals surface area contributed by atoms with E-state index in [-0.39, 0.29) is 5.41 Å². The molecule has 1 saturated carbocycles. The predicted molar refractivity (Wildman–Crippen MR) is 135 cm³/mol. The third-order valence-electron chi connectivity index (χ3n) is 7.78. The summed E-state index contributed by atoms with van der Waals surface area (Å²) in [5.41, 5.74) is 7.69. The van der Waals surface area contributed by atoms with E-state index >= 15 is 0 Å². The molecule has 0 amide bonds. The maximum atomic E-state index is 2.57. The Kier molecular flexibility index (Phi) is 4.83. The highest BCUT2D eigenvalue weighted by molar-refractivity contribution is 5.59. The maximum absolute atomic E-state index is 2.57. The first-order valence-corrected chi connectivity index (χ1v) is 12.3. The summed E-state index contributed by atoms with van der Waals surface area (Å²) in [4.78, 5) is 0. The minimum Gasteiger partial charge on any atom is -0.201 e. The van der Waals surface area contributed by atoms with E-state index in [1.54, 1.807) is 0 Å². The lowest BCUT2D eigenvalue weighted by Crippen LogP contribution is -2.38. The Morgan fingerprint density at radius 3 is 1.94 bits per heavy atom. The molecule has 1 fully saturated rings. The molecule has 2 heterocycles. The molecule has 1 aliphatic heterocycles. The van der Waals surface area contributed by atoms with Crippen LogP contribution in [0.5, 0.6) is 0 Å². The Hall–Kier alpha value is -3.39. The zero-order chi connectivity index (χ0) is 22.4. The van der Waals surface area contributed by atoms with Crippen LogP contribution >= 0.6 is 0 Å². The molecule has 1 aromatic heterocycles. The molecule has 2 nitrogen and oxygen atoms in total. The fourth-order valence-corrected chi connectivity index (χ4v) is 6.28. The first-order chi connectivity index (χ1) is 16.2. The van der Waals surface area contributed by atoms with Crippen molar-refractivity contribution in [3.05, 3.63) is 125 Å². The third-order valence-corrected chi connectivity index (χ3v) is 7.78. The lowest BCUT2D eigenvalue weighted by atomic mass is 9.72. The Balaban J connectivity index is 1.70.